The Morgan fingerprint density at radius 1 is 1.25 bits per heavy atom. The fourth-order valence-electron chi connectivity index (χ4n) is 2.08. The van der Waals surface area contributed by atoms with E-state index < -0.39 is 0 Å². The first-order valence-corrected chi connectivity index (χ1v) is 7.66. The molecule has 1 aliphatic heterocycles. The highest BCUT2D eigenvalue weighted by atomic mass is 16.5. The number of hydrogen-bond acceptors (Lipinski definition) is 5. The van der Waals surface area contributed by atoms with Crippen LogP contribution in [-0.2, 0) is 11.5 Å². The van der Waals surface area contributed by atoms with Gasteiger partial charge in [0, 0.05) is 35.5 Å². The largest absolute Gasteiger partial charge is 0.331 e. The zero-order valence-electron chi connectivity index (χ0n) is 14.2. The van der Waals surface area contributed by atoms with E-state index >= 15 is 0 Å². The molecule has 0 radical (unpaired) electrons. The summed E-state index contributed by atoms with van der Waals surface area (Å²) >= 11 is 0. The maximum atomic E-state index is 12.2. The Bertz CT molecular complexity index is 666. The highest BCUT2D eigenvalue weighted by Crippen LogP contribution is 2.19. The van der Waals surface area contributed by atoms with Crippen molar-refractivity contribution >= 4 is 5.78 Å². The van der Waals surface area contributed by atoms with Gasteiger partial charge in [0.2, 0.25) is 0 Å². The smallest absolute Gasteiger partial charge is 0.254 e. The van der Waals surface area contributed by atoms with Crippen molar-refractivity contribution in [1.29, 1.82) is 0 Å². The molecule has 1 aromatic heterocycles. The summed E-state index contributed by atoms with van der Waals surface area (Å²) in [5.74, 6) is 0.118. The predicted octanol–water partition coefficient (Wildman–Crippen LogP) is 3.13. The van der Waals surface area contributed by atoms with Gasteiger partial charge in [-0.1, -0.05) is 20.8 Å². The number of Topliss-reactive ketones (excluding diaryl/α,β-unsaturated/α-hetero) is 1. The molecule has 1 aromatic rings. The van der Waals surface area contributed by atoms with Crippen LogP contribution in [0.5, 0.6) is 0 Å². The van der Waals surface area contributed by atoms with Crippen molar-refractivity contribution < 1.29 is 14.1 Å². The Balaban J connectivity index is 1.83. The number of nitrogens with zero attached hydrogens (tertiary/aromatic N) is 3. The Kier molecular flexibility index (Phi) is 5.76. The second-order valence-corrected chi connectivity index (χ2v) is 6.52. The normalized spacial score (nSPS) is 14.0. The number of aromatic nitrogens is 1. The number of rotatable bonds is 6. The molecule has 0 unspecified atom stereocenters. The van der Waals surface area contributed by atoms with Crippen molar-refractivity contribution in [3.05, 3.63) is 71.3 Å². The molecule has 2 heterocycles. The topological polar surface area (TPSA) is 62.9 Å². The molecule has 0 saturated heterocycles. The average molecular weight is 328 g/mol. The second kappa shape index (κ2) is 7.79. The van der Waals surface area contributed by atoms with Crippen molar-refractivity contribution in [3.63, 3.8) is 0 Å². The molecule has 6 nitrogen and oxygen atoms in total. The minimum Gasteiger partial charge on any atom is -0.331 e. The maximum Gasteiger partial charge on any atom is 0.254 e. The van der Waals surface area contributed by atoms with Crippen molar-refractivity contribution in [2.24, 2.45) is 10.6 Å². The summed E-state index contributed by atoms with van der Waals surface area (Å²) in [7, 11) is 0. The molecule has 0 fully saturated rings. The SMILES string of the molecule is CC(C)(C)C(=O)c1cc[n+](COCN2C=CC(=CN=O)C=C2)cc1. The van der Waals surface area contributed by atoms with Crippen LogP contribution in [0, 0.1) is 10.3 Å². The summed E-state index contributed by atoms with van der Waals surface area (Å²) in [6.45, 7) is 6.48. The van der Waals surface area contributed by atoms with E-state index in [9.17, 15) is 9.70 Å². The first-order valence-electron chi connectivity index (χ1n) is 7.66. The van der Waals surface area contributed by atoms with Gasteiger partial charge in [-0.05, 0) is 22.9 Å². The molecule has 0 atom stereocenters. The Hall–Kier alpha value is -2.60. The van der Waals surface area contributed by atoms with Crippen molar-refractivity contribution in [3.8, 4) is 0 Å². The van der Waals surface area contributed by atoms with Crippen LogP contribution < -0.4 is 4.57 Å². The van der Waals surface area contributed by atoms with Crippen LogP contribution in [0.2, 0.25) is 0 Å². The third kappa shape index (κ3) is 4.96. The van der Waals surface area contributed by atoms with Gasteiger partial charge < -0.3 is 9.64 Å². The summed E-state index contributed by atoms with van der Waals surface area (Å²) in [6, 6.07) is 3.61. The standard InChI is InChI=1S/C18H22N3O3/c1-18(2,3)17(22)16-6-10-21(11-7-16)14-24-13-20-8-4-15(5-9-20)12-19-23/h4-12H,13-14H2,1-3H3/q+1. The molecule has 0 N–H and O–H groups in total. The molecule has 0 aromatic carbocycles. The third-order valence-electron chi connectivity index (χ3n) is 3.43. The van der Waals surface area contributed by atoms with E-state index in [-0.39, 0.29) is 11.2 Å². The van der Waals surface area contributed by atoms with E-state index in [4.69, 9.17) is 4.74 Å². The van der Waals surface area contributed by atoms with E-state index in [2.05, 4.69) is 5.18 Å². The average Bonchev–Trinajstić information content (AvgIpc) is 2.56. The van der Waals surface area contributed by atoms with E-state index in [0.717, 1.165) is 5.57 Å². The molecule has 0 spiro atoms. The Morgan fingerprint density at radius 2 is 1.88 bits per heavy atom. The maximum absolute atomic E-state index is 12.2. The highest BCUT2D eigenvalue weighted by Gasteiger charge is 2.23. The van der Waals surface area contributed by atoms with Gasteiger partial charge >= 0.3 is 0 Å². The van der Waals surface area contributed by atoms with Crippen LogP contribution in [0.4, 0.5) is 0 Å². The van der Waals surface area contributed by atoms with Gasteiger partial charge in [0.15, 0.2) is 18.2 Å². The zero-order valence-corrected chi connectivity index (χ0v) is 14.2. The van der Waals surface area contributed by atoms with Crippen LogP contribution in [0.25, 0.3) is 0 Å². The molecule has 1 aliphatic rings. The van der Waals surface area contributed by atoms with Gasteiger partial charge in [-0.25, -0.2) is 0 Å². The fraction of sp³-hybridized carbons (Fsp3) is 0.333. The molecule has 2 rings (SSSR count). The molecule has 0 aliphatic carbocycles. The lowest BCUT2D eigenvalue weighted by atomic mass is 9.87. The van der Waals surface area contributed by atoms with Crippen LogP contribution >= 0.6 is 0 Å². The van der Waals surface area contributed by atoms with Gasteiger partial charge in [-0.2, -0.15) is 4.57 Å². The molecular weight excluding hydrogens is 306 g/mol. The van der Waals surface area contributed by atoms with E-state index in [0.29, 0.717) is 19.0 Å². The van der Waals surface area contributed by atoms with Gasteiger partial charge in [0.05, 0.1) is 6.20 Å². The lowest BCUT2D eigenvalue weighted by molar-refractivity contribution is -0.733. The zero-order chi connectivity index (χ0) is 17.6. The summed E-state index contributed by atoms with van der Waals surface area (Å²) in [5.41, 5.74) is 1.06. The van der Waals surface area contributed by atoms with E-state index in [1.807, 2.05) is 55.0 Å². The number of nitroso groups, excluding NO2 is 1. The minimum atomic E-state index is -0.387. The highest BCUT2D eigenvalue weighted by molar-refractivity contribution is 5.99. The van der Waals surface area contributed by atoms with Gasteiger partial charge in [-0.15, -0.1) is 4.91 Å². The van der Waals surface area contributed by atoms with Gasteiger partial charge in [0.1, 0.15) is 6.73 Å². The van der Waals surface area contributed by atoms with Crippen molar-refractivity contribution in [1.82, 2.24) is 4.90 Å². The van der Waals surface area contributed by atoms with E-state index in [1.54, 1.807) is 24.3 Å². The minimum absolute atomic E-state index is 0.118. The fourth-order valence-corrected chi connectivity index (χ4v) is 2.08. The molecule has 6 heteroatoms. The van der Waals surface area contributed by atoms with Gasteiger partial charge in [-0.3, -0.25) is 4.79 Å². The first kappa shape index (κ1) is 17.7. The molecule has 126 valence electrons. The van der Waals surface area contributed by atoms with Crippen LogP contribution in [-0.4, -0.2) is 17.4 Å². The number of ketones is 1. The Labute approximate surface area is 141 Å². The lowest BCUT2D eigenvalue weighted by Gasteiger charge is -2.17. The molecule has 24 heavy (non-hydrogen) atoms. The summed E-state index contributed by atoms with van der Waals surface area (Å²) in [5, 5.41) is 2.73. The monoisotopic (exact) mass is 328 g/mol. The Morgan fingerprint density at radius 3 is 2.42 bits per heavy atom. The number of carbonyl (C=O) groups excluding carboxylic acids is 1. The molecule has 0 bridgehead atoms. The third-order valence-corrected chi connectivity index (χ3v) is 3.43. The van der Waals surface area contributed by atoms with Crippen molar-refractivity contribution in [2.75, 3.05) is 6.73 Å². The lowest BCUT2D eigenvalue weighted by Crippen LogP contribution is -2.36. The quantitative estimate of drug-likeness (QED) is 0.457. The van der Waals surface area contributed by atoms with E-state index in [1.165, 1.54) is 6.20 Å². The van der Waals surface area contributed by atoms with Gasteiger partial charge in [0.25, 0.3) is 6.73 Å². The number of allylic oxidation sites excluding steroid dienone is 3. The molecule has 0 saturated carbocycles. The molecular formula is C18H22N3O3+. The van der Waals surface area contributed by atoms with Crippen LogP contribution in [0.15, 0.2) is 66.0 Å². The summed E-state index contributed by atoms with van der Waals surface area (Å²) in [6.07, 6.45) is 12.1. The second-order valence-electron chi connectivity index (χ2n) is 6.52. The van der Waals surface area contributed by atoms with Crippen LogP contribution in [0.1, 0.15) is 31.1 Å². The first-order chi connectivity index (χ1) is 11.4. The van der Waals surface area contributed by atoms with Crippen LogP contribution in [0.3, 0.4) is 0 Å². The summed E-state index contributed by atoms with van der Waals surface area (Å²) < 4.78 is 7.48. The van der Waals surface area contributed by atoms with Crippen molar-refractivity contribution in [2.45, 2.75) is 27.5 Å². The number of pyridine rings is 1. The molecule has 0 amide bonds. The summed E-state index contributed by atoms with van der Waals surface area (Å²) in [4.78, 5) is 24.2. The number of carbonyl (C=O) groups is 1. The number of hydrogen-bond donors (Lipinski definition) is 0. The predicted molar refractivity (Wildman–Crippen MR) is 90.4 cm³/mol. The number of ether oxygens (including phenoxy) is 1.